The SMILES string of the molecule is O=C(NCCCOc1ccccc1Cl)Nc1cc(F)ccc1F. The smallest absolute Gasteiger partial charge is 0.319 e. The van der Waals surface area contributed by atoms with E-state index in [1.165, 1.54) is 0 Å². The first-order valence-corrected chi connectivity index (χ1v) is 7.31. The molecular weight excluding hydrogens is 326 g/mol. The molecule has 0 atom stereocenters. The molecule has 0 saturated heterocycles. The van der Waals surface area contributed by atoms with Gasteiger partial charge in [-0.3, -0.25) is 0 Å². The molecule has 2 N–H and O–H groups in total. The summed E-state index contributed by atoms with van der Waals surface area (Å²) in [5.74, 6) is -0.765. The lowest BCUT2D eigenvalue weighted by Gasteiger charge is -2.10. The number of benzene rings is 2. The van der Waals surface area contributed by atoms with Gasteiger partial charge in [0.25, 0.3) is 0 Å². The molecule has 0 saturated carbocycles. The highest BCUT2D eigenvalue weighted by Crippen LogP contribution is 2.23. The highest BCUT2D eigenvalue weighted by Gasteiger charge is 2.07. The van der Waals surface area contributed by atoms with Crippen molar-refractivity contribution in [1.82, 2.24) is 5.32 Å². The van der Waals surface area contributed by atoms with Gasteiger partial charge in [0.15, 0.2) is 0 Å². The summed E-state index contributed by atoms with van der Waals surface area (Å²) >= 11 is 5.93. The minimum atomic E-state index is -0.705. The van der Waals surface area contributed by atoms with Gasteiger partial charge in [-0.05, 0) is 30.7 Å². The van der Waals surface area contributed by atoms with Crippen LogP contribution < -0.4 is 15.4 Å². The van der Waals surface area contributed by atoms with Gasteiger partial charge in [-0.1, -0.05) is 23.7 Å². The highest BCUT2D eigenvalue weighted by molar-refractivity contribution is 6.32. The molecule has 0 heterocycles. The molecule has 2 amide bonds. The van der Waals surface area contributed by atoms with Crippen LogP contribution in [0, 0.1) is 11.6 Å². The normalized spacial score (nSPS) is 10.2. The van der Waals surface area contributed by atoms with E-state index in [0.29, 0.717) is 30.3 Å². The van der Waals surface area contributed by atoms with Crippen LogP contribution in [0.25, 0.3) is 0 Å². The van der Waals surface area contributed by atoms with Crippen molar-refractivity contribution in [3.8, 4) is 5.75 Å². The number of carbonyl (C=O) groups excluding carboxylic acids is 1. The standard InChI is InChI=1S/C16H15ClF2N2O2/c17-12-4-1-2-5-15(12)23-9-3-8-20-16(22)21-14-10-11(18)6-7-13(14)19/h1-2,4-7,10H,3,8-9H2,(H2,20,21,22). The lowest BCUT2D eigenvalue weighted by atomic mass is 10.3. The summed E-state index contributed by atoms with van der Waals surface area (Å²) in [6, 6.07) is 9.29. The molecule has 0 fully saturated rings. The minimum Gasteiger partial charge on any atom is -0.492 e. The lowest BCUT2D eigenvalue weighted by Crippen LogP contribution is -2.30. The first-order valence-electron chi connectivity index (χ1n) is 6.93. The van der Waals surface area contributed by atoms with E-state index in [0.717, 1.165) is 18.2 Å². The molecule has 2 aromatic rings. The van der Waals surface area contributed by atoms with Crippen molar-refractivity contribution in [3.63, 3.8) is 0 Å². The Hall–Kier alpha value is -2.34. The number of hydrogen-bond acceptors (Lipinski definition) is 2. The summed E-state index contributed by atoms with van der Waals surface area (Å²) in [5, 5.41) is 5.28. The van der Waals surface area contributed by atoms with E-state index in [1.807, 2.05) is 0 Å². The van der Waals surface area contributed by atoms with E-state index in [4.69, 9.17) is 16.3 Å². The number of rotatable bonds is 6. The van der Waals surface area contributed by atoms with Gasteiger partial charge in [-0.25, -0.2) is 13.6 Å². The van der Waals surface area contributed by atoms with E-state index in [1.54, 1.807) is 24.3 Å². The topological polar surface area (TPSA) is 50.4 Å². The van der Waals surface area contributed by atoms with Crippen molar-refractivity contribution in [2.45, 2.75) is 6.42 Å². The Morgan fingerprint density at radius 2 is 1.96 bits per heavy atom. The maximum atomic E-state index is 13.4. The van der Waals surface area contributed by atoms with E-state index in [9.17, 15) is 13.6 Å². The molecule has 4 nitrogen and oxygen atoms in total. The Bertz CT molecular complexity index is 683. The zero-order chi connectivity index (χ0) is 16.7. The van der Waals surface area contributed by atoms with Crippen molar-refractivity contribution in [3.05, 3.63) is 59.1 Å². The van der Waals surface area contributed by atoms with E-state index < -0.39 is 17.7 Å². The fourth-order valence-corrected chi connectivity index (χ4v) is 1.97. The van der Waals surface area contributed by atoms with E-state index in [-0.39, 0.29) is 5.69 Å². The molecule has 0 aliphatic heterocycles. The molecule has 0 aromatic heterocycles. The first-order chi connectivity index (χ1) is 11.1. The molecule has 0 spiro atoms. The third-order valence-electron chi connectivity index (χ3n) is 2.88. The maximum absolute atomic E-state index is 13.4. The fraction of sp³-hybridized carbons (Fsp3) is 0.188. The number of hydrogen-bond donors (Lipinski definition) is 2. The van der Waals surface area contributed by atoms with Gasteiger partial charge >= 0.3 is 6.03 Å². The summed E-state index contributed by atoms with van der Waals surface area (Å²) in [6.45, 7) is 0.672. The number of carbonyl (C=O) groups is 1. The number of ether oxygens (including phenoxy) is 1. The molecule has 2 aromatic carbocycles. The van der Waals surface area contributed by atoms with Crippen molar-refractivity contribution in [2.75, 3.05) is 18.5 Å². The van der Waals surface area contributed by atoms with Crippen molar-refractivity contribution < 1.29 is 18.3 Å². The molecule has 7 heteroatoms. The number of halogens is 3. The summed E-state index contributed by atoms with van der Waals surface area (Å²) < 4.78 is 31.8. The average Bonchev–Trinajstić information content (AvgIpc) is 2.52. The third-order valence-corrected chi connectivity index (χ3v) is 3.19. The van der Waals surface area contributed by atoms with Crippen molar-refractivity contribution in [1.29, 1.82) is 0 Å². The molecular formula is C16H15ClF2N2O2. The first kappa shape index (κ1) is 17.0. The molecule has 0 aliphatic carbocycles. The molecule has 2 rings (SSSR count). The Kier molecular flexibility index (Phi) is 6.17. The van der Waals surface area contributed by atoms with Crippen LogP contribution in [0.2, 0.25) is 5.02 Å². The monoisotopic (exact) mass is 340 g/mol. The molecule has 0 radical (unpaired) electrons. The Morgan fingerprint density at radius 1 is 1.17 bits per heavy atom. The number of anilines is 1. The number of urea groups is 1. The molecule has 0 bridgehead atoms. The lowest BCUT2D eigenvalue weighted by molar-refractivity contribution is 0.250. The number of para-hydroxylation sites is 1. The minimum absolute atomic E-state index is 0.213. The van der Waals surface area contributed by atoms with Gasteiger partial charge in [0, 0.05) is 12.6 Å². The van der Waals surface area contributed by atoms with Gasteiger partial charge in [-0.2, -0.15) is 0 Å². The van der Waals surface area contributed by atoms with Crippen LogP contribution >= 0.6 is 11.6 Å². The second kappa shape index (κ2) is 8.33. The number of nitrogens with one attached hydrogen (secondary N) is 2. The maximum Gasteiger partial charge on any atom is 0.319 e. The largest absolute Gasteiger partial charge is 0.492 e. The van der Waals surface area contributed by atoms with Gasteiger partial charge in [-0.15, -0.1) is 0 Å². The molecule has 122 valence electrons. The zero-order valence-corrected chi connectivity index (χ0v) is 12.9. The molecule has 23 heavy (non-hydrogen) atoms. The summed E-state index contributed by atoms with van der Waals surface area (Å²) in [4.78, 5) is 11.6. The molecule has 0 aliphatic rings. The second-order valence-corrected chi connectivity index (χ2v) is 5.04. The Balaban J connectivity index is 1.69. The van der Waals surface area contributed by atoms with Crippen LogP contribution in [0.15, 0.2) is 42.5 Å². The second-order valence-electron chi connectivity index (χ2n) is 4.64. The average molecular weight is 341 g/mol. The van der Waals surface area contributed by atoms with Crippen LogP contribution in [0.5, 0.6) is 5.75 Å². The Morgan fingerprint density at radius 3 is 2.74 bits per heavy atom. The Labute approximate surface area is 137 Å². The van der Waals surface area contributed by atoms with Gasteiger partial charge < -0.3 is 15.4 Å². The predicted molar refractivity (Wildman–Crippen MR) is 84.9 cm³/mol. The van der Waals surface area contributed by atoms with Crippen LogP contribution in [-0.4, -0.2) is 19.2 Å². The highest BCUT2D eigenvalue weighted by atomic mass is 35.5. The predicted octanol–water partition coefficient (Wildman–Crippen LogP) is 4.21. The third kappa shape index (κ3) is 5.41. The number of amides is 2. The van der Waals surface area contributed by atoms with Crippen LogP contribution in [0.3, 0.4) is 0 Å². The summed E-state index contributed by atoms with van der Waals surface area (Å²) in [5.41, 5.74) is -0.213. The van der Waals surface area contributed by atoms with Crippen LogP contribution in [0.4, 0.5) is 19.3 Å². The fourth-order valence-electron chi connectivity index (χ4n) is 1.78. The summed E-state index contributed by atoms with van der Waals surface area (Å²) in [7, 11) is 0. The summed E-state index contributed by atoms with van der Waals surface area (Å²) in [6.07, 6.45) is 0.532. The van der Waals surface area contributed by atoms with Crippen molar-refractivity contribution >= 4 is 23.3 Å². The molecule has 0 unspecified atom stereocenters. The van der Waals surface area contributed by atoms with Gasteiger partial charge in [0.2, 0.25) is 0 Å². The van der Waals surface area contributed by atoms with Gasteiger partial charge in [0.1, 0.15) is 17.4 Å². The van der Waals surface area contributed by atoms with Crippen LogP contribution in [0.1, 0.15) is 6.42 Å². The van der Waals surface area contributed by atoms with Crippen molar-refractivity contribution in [2.24, 2.45) is 0 Å². The van der Waals surface area contributed by atoms with E-state index in [2.05, 4.69) is 10.6 Å². The zero-order valence-electron chi connectivity index (χ0n) is 12.1. The van der Waals surface area contributed by atoms with Gasteiger partial charge in [0.05, 0.1) is 17.3 Å². The van der Waals surface area contributed by atoms with E-state index >= 15 is 0 Å². The quantitative estimate of drug-likeness (QED) is 0.774. The van der Waals surface area contributed by atoms with Crippen LogP contribution in [-0.2, 0) is 0 Å².